The van der Waals surface area contributed by atoms with E-state index in [4.69, 9.17) is 9.31 Å². The molecule has 2 fully saturated rings. The van der Waals surface area contributed by atoms with E-state index >= 15 is 0 Å². The van der Waals surface area contributed by atoms with E-state index in [2.05, 4.69) is 5.10 Å². The van der Waals surface area contributed by atoms with Gasteiger partial charge in [-0.2, -0.15) is 5.10 Å². The normalized spacial score (nSPS) is 25.5. The van der Waals surface area contributed by atoms with Gasteiger partial charge in [0.1, 0.15) is 0 Å². The summed E-state index contributed by atoms with van der Waals surface area (Å²) >= 11 is 0. The number of aromatic nitrogens is 2. The Balaban J connectivity index is 1.88. The number of carbonyl (C=O) groups is 1. The summed E-state index contributed by atoms with van der Waals surface area (Å²) in [4.78, 5) is 11.7. The van der Waals surface area contributed by atoms with E-state index in [1.807, 2.05) is 27.7 Å². The molecule has 1 saturated carbocycles. The lowest BCUT2D eigenvalue weighted by atomic mass is 9.82. The smallest absolute Gasteiger partial charge is 0.479 e. The Morgan fingerprint density at radius 2 is 1.77 bits per heavy atom. The highest BCUT2D eigenvalue weighted by Gasteiger charge is 2.52. The first kappa shape index (κ1) is 15.6. The van der Waals surface area contributed by atoms with E-state index in [9.17, 15) is 9.90 Å². The third kappa shape index (κ3) is 2.18. The molecule has 1 aliphatic heterocycles. The van der Waals surface area contributed by atoms with Crippen molar-refractivity contribution in [2.75, 3.05) is 0 Å². The predicted molar refractivity (Wildman–Crippen MR) is 82.0 cm³/mol. The SMILES string of the molecule is CC1(C)OB(c2cnn(C3(C(=O)O)CCCC3)c2)OC1(C)C. The Labute approximate surface area is 130 Å². The van der Waals surface area contributed by atoms with Crippen LogP contribution in [0, 0.1) is 0 Å². The first-order chi connectivity index (χ1) is 10.2. The maximum Gasteiger partial charge on any atom is 0.498 e. The van der Waals surface area contributed by atoms with Crippen molar-refractivity contribution in [1.29, 1.82) is 0 Å². The predicted octanol–water partition coefficient (Wildman–Crippen LogP) is 1.54. The van der Waals surface area contributed by atoms with Crippen LogP contribution in [0.5, 0.6) is 0 Å². The zero-order chi connectivity index (χ0) is 16.2. The summed E-state index contributed by atoms with van der Waals surface area (Å²) in [6, 6.07) is 0. The lowest BCUT2D eigenvalue weighted by Gasteiger charge is -2.32. The molecule has 1 aliphatic carbocycles. The molecule has 120 valence electrons. The molecule has 6 nitrogen and oxygen atoms in total. The second-order valence-electron chi connectivity index (χ2n) is 7.35. The minimum atomic E-state index is -0.915. The fraction of sp³-hybridized carbons (Fsp3) is 0.733. The molecule has 22 heavy (non-hydrogen) atoms. The van der Waals surface area contributed by atoms with Gasteiger partial charge in [-0.05, 0) is 40.5 Å². The van der Waals surface area contributed by atoms with Crippen molar-refractivity contribution in [3.05, 3.63) is 12.4 Å². The zero-order valence-electron chi connectivity index (χ0n) is 13.6. The number of aliphatic carboxylic acids is 1. The van der Waals surface area contributed by atoms with E-state index in [1.165, 1.54) is 0 Å². The van der Waals surface area contributed by atoms with Gasteiger partial charge in [-0.3, -0.25) is 4.68 Å². The highest BCUT2D eigenvalue weighted by atomic mass is 16.7. The molecule has 0 unspecified atom stereocenters. The van der Waals surface area contributed by atoms with Gasteiger partial charge < -0.3 is 14.4 Å². The molecule has 2 aliphatic rings. The van der Waals surface area contributed by atoms with Crippen molar-refractivity contribution in [1.82, 2.24) is 9.78 Å². The summed E-state index contributed by atoms with van der Waals surface area (Å²) in [6.45, 7) is 7.97. The standard InChI is InChI=1S/C15H23BN2O4/c1-13(2)14(3,4)22-16(21-13)11-9-17-18(10-11)15(12(19)20)7-5-6-8-15/h9-10H,5-8H2,1-4H3,(H,19,20). The van der Waals surface area contributed by atoms with E-state index in [-0.39, 0.29) is 0 Å². The van der Waals surface area contributed by atoms with Crippen molar-refractivity contribution in [3.8, 4) is 0 Å². The van der Waals surface area contributed by atoms with Crippen LogP contribution >= 0.6 is 0 Å². The highest BCUT2D eigenvalue weighted by Crippen LogP contribution is 2.38. The Morgan fingerprint density at radius 1 is 1.23 bits per heavy atom. The Bertz CT molecular complexity index is 574. The van der Waals surface area contributed by atoms with Gasteiger partial charge in [-0.1, -0.05) is 12.8 Å². The van der Waals surface area contributed by atoms with Crippen LogP contribution in [0.3, 0.4) is 0 Å². The van der Waals surface area contributed by atoms with Gasteiger partial charge in [0.2, 0.25) is 0 Å². The zero-order valence-corrected chi connectivity index (χ0v) is 13.6. The molecular formula is C15H23BN2O4. The monoisotopic (exact) mass is 306 g/mol. The third-order valence-corrected chi connectivity index (χ3v) is 5.40. The van der Waals surface area contributed by atoms with Gasteiger partial charge in [-0.25, -0.2) is 4.79 Å². The number of carboxylic acid groups (broad SMARTS) is 1. The molecule has 2 heterocycles. The van der Waals surface area contributed by atoms with Gasteiger partial charge in [0.05, 0.1) is 11.2 Å². The summed E-state index contributed by atoms with van der Waals surface area (Å²) in [5.74, 6) is -0.812. The summed E-state index contributed by atoms with van der Waals surface area (Å²) in [5.41, 5.74) is -0.983. The van der Waals surface area contributed by atoms with Gasteiger partial charge in [0.15, 0.2) is 5.54 Å². The number of carboxylic acids is 1. The molecule has 7 heteroatoms. The van der Waals surface area contributed by atoms with E-state index in [1.54, 1.807) is 17.1 Å². The Kier molecular flexibility index (Phi) is 3.41. The summed E-state index contributed by atoms with van der Waals surface area (Å²) < 4.78 is 13.6. The maximum atomic E-state index is 11.7. The molecule has 3 rings (SSSR count). The average molecular weight is 306 g/mol. The van der Waals surface area contributed by atoms with Crippen LogP contribution in [0.4, 0.5) is 0 Å². The lowest BCUT2D eigenvalue weighted by Crippen LogP contribution is -2.41. The Morgan fingerprint density at radius 3 is 2.27 bits per heavy atom. The van der Waals surface area contributed by atoms with Crippen LogP contribution in [-0.4, -0.2) is 39.2 Å². The van der Waals surface area contributed by atoms with Crippen molar-refractivity contribution >= 4 is 18.6 Å². The van der Waals surface area contributed by atoms with E-state index < -0.39 is 29.8 Å². The average Bonchev–Trinajstić information content (AvgIpc) is 3.09. The summed E-state index contributed by atoms with van der Waals surface area (Å²) in [6.07, 6.45) is 6.49. The maximum absolute atomic E-state index is 11.7. The van der Waals surface area contributed by atoms with Crippen molar-refractivity contribution < 1.29 is 19.2 Å². The van der Waals surface area contributed by atoms with Crippen LogP contribution in [0.2, 0.25) is 0 Å². The summed E-state index contributed by atoms with van der Waals surface area (Å²) in [7, 11) is -0.508. The second kappa shape index (κ2) is 4.83. The molecule has 0 spiro atoms. The van der Waals surface area contributed by atoms with Crippen LogP contribution in [-0.2, 0) is 19.6 Å². The van der Waals surface area contributed by atoms with Gasteiger partial charge in [0.25, 0.3) is 0 Å². The molecule has 0 aromatic carbocycles. The van der Waals surface area contributed by atoms with Crippen LogP contribution in [0.15, 0.2) is 12.4 Å². The van der Waals surface area contributed by atoms with Crippen LogP contribution in [0.1, 0.15) is 53.4 Å². The number of hydrogen-bond acceptors (Lipinski definition) is 4. The van der Waals surface area contributed by atoms with Gasteiger partial charge in [0, 0.05) is 17.9 Å². The van der Waals surface area contributed by atoms with Crippen molar-refractivity contribution in [3.63, 3.8) is 0 Å². The first-order valence-electron chi connectivity index (χ1n) is 7.82. The molecule has 1 saturated heterocycles. The second-order valence-corrected chi connectivity index (χ2v) is 7.35. The minimum absolute atomic E-state index is 0.419. The largest absolute Gasteiger partial charge is 0.498 e. The molecule has 1 N–H and O–H groups in total. The fourth-order valence-corrected chi connectivity index (χ4v) is 3.17. The molecule has 0 amide bonds. The van der Waals surface area contributed by atoms with Crippen LogP contribution in [0.25, 0.3) is 0 Å². The molecule has 1 aromatic heterocycles. The van der Waals surface area contributed by atoms with Crippen LogP contribution < -0.4 is 5.46 Å². The van der Waals surface area contributed by atoms with Gasteiger partial charge >= 0.3 is 13.1 Å². The molecule has 0 atom stereocenters. The highest BCUT2D eigenvalue weighted by molar-refractivity contribution is 6.62. The van der Waals surface area contributed by atoms with E-state index in [0.29, 0.717) is 12.8 Å². The van der Waals surface area contributed by atoms with Gasteiger partial charge in [-0.15, -0.1) is 0 Å². The first-order valence-corrected chi connectivity index (χ1v) is 7.82. The topological polar surface area (TPSA) is 73.6 Å². The molecular weight excluding hydrogens is 283 g/mol. The Hall–Kier alpha value is -1.34. The van der Waals surface area contributed by atoms with Crippen molar-refractivity contribution in [2.24, 2.45) is 0 Å². The molecule has 1 aromatic rings. The third-order valence-electron chi connectivity index (χ3n) is 5.40. The number of hydrogen-bond donors (Lipinski definition) is 1. The number of rotatable bonds is 3. The van der Waals surface area contributed by atoms with E-state index in [0.717, 1.165) is 18.3 Å². The fourth-order valence-electron chi connectivity index (χ4n) is 3.17. The lowest BCUT2D eigenvalue weighted by molar-refractivity contribution is -0.147. The number of nitrogens with zero attached hydrogens (tertiary/aromatic N) is 2. The quantitative estimate of drug-likeness (QED) is 0.857. The summed E-state index contributed by atoms with van der Waals surface area (Å²) in [5, 5.41) is 13.9. The minimum Gasteiger partial charge on any atom is -0.479 e. The van der Waals surface area contributed by atoms with Crippen molar-refractivity contribution in [2.45, 2.75) is 70.1 Å². The molecule has 0 bridgehead atoms. The molecule has 0 radical (unpaired) electrons.